The monoisotopic (exact) mass is 363 g/mol. The van der Waals surface area contributed by atoms with Gasteiger partial charge in [0.05, 0.1) is 32.3 Å². The molecule has 1 saturated heterocycles. The number of H-pyrrole nitrogens is 1. The molecule has 1 aromatic carbocycles. The third-order valence-corrected chi connectivity index (χ3v) is 5.80. The van der Waals surface area contributed by atoms with Crippen molar-refractivity contribution in [3.8, 4) is 11.5 Å². The largest absolute Gasteiger partial charge is 0.493 e. The molecular formula is C21H23N4O2. The van der Waals surface area contributed by atoms with E-state index in [0.717, 1.165) is 49.6 Å². The van der Waals surface area contributed by atoms with Crippen LogP contribution in [0.25, 0.3) is 10.9 Å². The van der Waals surface area contributed by atoms with Crippen LogP contribution in [0.15, 0.2) is 24.5 Å². The van der Waals surface area contributed by atoms with Crippen LogP contribution >= 0.6 is 0 Å². The number of ether oxygens (including phenoxy) is 2. The van der Waals surface area contributed by atoms with E-state index in [-0.39, 0.29) is 0 Å². The van der Waals surface area contributed by atoms with Gasteiger partial charge in [-0.2, -0.15) is 0 Å². The lowest BCUT2D eigenvalue weighted by atomic mass is 9.73. The van der Waals surface area contributed by atoms with Gasteiger partial charge in [-0.1, -0.05) is 0 Å². The van der Waals surface area contributed by atoms with Gasteiger partial charge in [0.1, 0.15) is 0 Å². The van der Waals surface area contributed by atoms with Crippen molar-refractivity contribution in [1.29, 1.82) is 0 Å². The molecule has 1 aliphatic heterocycles. The Labute approximate surface area is 158 Å². The molecule has 1 unspecified atom stereocenters. The molecule has 6 heteroatoms. The first kappa shape index (κ1) is 16.4. The molecule has 2 aromatic heterocycles. The SMILES string of the molecule is COc1cc2[nH]cc(C3Cc4[c]ncc(N5CCNCC5)c43)c2cc1OC. The first-order valence-electron chi connectivity index (χ1n) is 9.38. The third kappa shape index (κ3) is 2.55. The van der Waals surface area contributed by atoms with Gasteiger partial charge in [-0.15, -0.1) is 0 Å². The fourth-order valence-corrected chi connectivity index (χ4v) is 4.36. The zero-order valence-electron chi connectivity index (χ0n) is 15.6. The number of anilines is 1. The number of aromatic amines is 1. The molecule has 0 saturated carbocycles. The summed E-state index contributed by atoms with van der Waals surface area (Å²) in [5.74, 6) is 1.86. The van der Waals surface area contributed by atoms with E-state index in [1.807, 2.05) is 12.3 Å². The summed E-state index contributed by atoms with van der Waals surface area (Å²) < 4.78 is 11.0. The Morgan fingerprint density at radius 1 is 1.15 bits per heavy atom. The van der Waals surface area contributed by atoms with Crippen molar-refractivity contribution in [3.05, 3.63) is 47.4 Å². The number of aromatic nitrogens is 2. The second kappa shape index (κ2) is 6.46. The van der Waals surface area contributed by atoms with Crippen molar-refractivity contribution in [2.45, 2.75) is 12.3 Å². The zero-order chi connectivity index (χ0) is 18.4. The predicted molar refractivity (Wildman–Crippen MR) is 105 cm³/mol. The molecule has 5 rings (SSSR count). The maximum absolute atomic E-state index is 5.52. The molecule has 3 heterocycles. The van der Waals surface area contributed by atoms with Gasteiger partial charge in [0.15, 0.2) is 11.5 Å². The number of fused-ring (bicyclic) bond motifs is 2. The molecular weight excluding hydrogens is 340 g/mol. The number of pyridine rings is 1. The number of hydrogen-bond donors (Lipinski definition) is 2. The summed E-state index contributed by atoms with van der Waals surface area (Å²) in [6, 6.07) is 4.08. The molecule has 6 nitrogen and oxygen atoms in total. The second-order valence-electron chi connectivity index (χ2n) is 7.14. The minimum Gasteiger partial charge on any atom is -0.493 e. The van der Waals surface area contributed by atoms with Crippen LogP contribution in [0.5, 0.6) is 11.5 Å². The number of benzene rings is 1. The van der Waals surface area contributed by atoms with Crippen molar-refractivity contribution < 1.29 is 9.47 Å². The summed E-state index contributed by atoms with van der Waals surface area (Å²) in [5, 5.41) is 4.61. The maximum atomic E-state index is 5.52. The summed E-state index contributed by atoms with van der Waals surface area (Å²) in [6.45, 7) is 4.07. The highest BCUT2D eigenvalue weighted by molar-refractivity contribution is 5.88. The molecule has 1 atom stereocenters. The minimum atomic E-state index is 0.357. The fourth-order valence-electron chi connectivity index (χ4n) is 4.36. The molecule has 27 heavy (non-hydrogen) atoms. The number of hydrogen-bond acceptors (Lipinski definition) is 5. The van der Waals surface area contributed by atoms with Gasteiger partial charge in [-0.05, 0) is 29.2 Å². The van der Waals surface area contributed by atoms with E-state index in [1.165, 1.54) is 27.8 Å². The average Bonchev–Trinajstić information content (AvgIpc) is 3.10. The van der Waals surface area contributed by atoms with E-state index in [4.69, 9.17) is 9.47 Å². The highest BCUT2D eigenvalue weighted by Gasteiger charge is 2.34. The Morgan fingerprint density at radius 2 is 1.93 bits per heavy atom. The summed E-state index contributed by atoms with van der Waals surface area (Å²) in [5.41, 5.74) is 6.25. The fraction of sp³-hybridized carbons (Fsp3) is 0.381. The van der Waals surface area contributed by atoms with Crippen molar-refractivity contribution in [2.75, 3.05) is 45.3 Å². The third-order valence-electron chi connectivity index (χ3n) is 5.80. The van der Waals surface area contributed by atoms with Gasteiger partial charge in [-0.3, -0.25) is 4.98 Å². The van der Waals surface area contributed by atoms with Crippen molar-refractivity contribution in [1.82, 2.24) is 15.3 Å². The van der Waals surface area contributed by atoms with E-state index in [0.29, 0.717) is 5.92 Å². The van der Waals surface area contributed by atoms with Crippen LogP contribution in [-0.2, 0) is 6.42 Å². The molecule has 1 aliphatic carbocycles. The molecule has 2 aliphatic rings. The van der Waals surface area contributed by atoms with Crippen LogP contribution in [0.1, 0.15) is 22.6 Å². The lowest BCUT2D eigenvalue weighted by Gasteiger charge is -2.38. The average molecular weight is 363 g/mol. The number of nitrogens with one attached hydrogen (secondary N) is 2. The van der Waals surface area contributed by atoms with Gasteiger partial charge in [0.25, 0.3) is 0 Å². The van der Waals surface area contributed by atoms with Crippen LogP contribution in [0.4, 0.5) is 5.69 Å². The Hall–Kier alpha value is -2.73. The van der Waals surface area contributed by atoms with E-state index in [9.17, 15) is 0 Å². The lowest BCUT2D eigenvalue weighted by molar-refractivity contribution is 0.356. The molecule has 139 valence electrons. The van der Waals surface area contributed by atoms with Crippen LogP contribution in [0.3, 0.4) is 0 Å². The number of methoxy groups -OCH3 is 2. The number of rotatable bonds is 4. The second-order valence-corrected chi connectivity index (χ2v) is 7.14. The van der Waals surface area contributed by atoms with Gasteiger partial charge in [0.2, 0.25) is 0 Å². The molecule has 0 amide bonds. The van der Waals surface area contributed by atoms with Gasteiger partial charge in [-0.25, -0.2) is 0 Å². The predicted octanol–water partition coefficient (Wildman–Crippen LogP) is 2.48. The molecule has 0 spiro atoms. The maximum Gasteiger partial charge on any atom is 0.162 e. The first-order chi connectivity index (χ1) is 13.3. The highest BCUT2D eigenvalue weighted by atomic mass is 16.5. The molecule has 2 N–H and O–H groups in total. The highest BCUT2D eigenvalue weighted by Crippen LogP contribution is 2.47. The summed E-state index contributed by atoms with van der Waals surface area (Å²) in [6.07, 6.45) is 8.28. The minimum absolute atomic E-state index is 0.357. The van der Waals surface area contributed by atoms with E-state index < -0.39 is 0 Å². The van der Waals surface area contributed by atoms with Crippen molar-refractivity contribution in [3.63, 3.8) is 0 Å². The van der Waals surface area contributed by atoms with Gasteiger partial charge in [0, 0.05) is 55.3 Å². The van der Waals surface area contributed by atoms with Crippen LogP contribution in [-0.4, -0.2) is 50.4 Å². The summed E-state index contributed by atoms with van der Waals surface area (Å²) in [4.78, 5) is 10.2. The molecule has 1 radical (unpaired) electrons. The molecule has 3 aromatic rings. The zero-order valence-corrected chi connectivity index (χ0v) is 15.6. The van der Waals surface area contributed by atoms with E-state index >= 15 is 0 Å². The smallest absolute Gasteiger partial charge is 0.162 e. The topological polar surface area (TPSA) is 62.4 Å². The Balaban J connectivity index is 1.58. The van der Waals surface area contributed by atoms with Crippen LogP contribution in [0, 0.1) is 6.20 Å². The summed E-state index contributed by atoms with van der Waals surface area (Å²) in [7, 11) is 3.34. The standard InChI is InChI=1S/C21H23N4O2/c1-26-19-8-14-16(11-24-17(14)9-20(19)27-2)15-7-13-10-23-12-18(21(13)15)25-5-3-22-4-6-25/h8-9,11-12,15,22,24H,3-7H2,1-2H3. The quantitative estimate of drug-likeness (QED) is 0.746. The van der Waals surface area contributed by atoms with Crippen LogP contribution < -0.4 is 19.7 Å². The normalized spacial score (nSPS) is 18.9. The number of nitrogens with zero attached hydrogens (tertiary/aromatic N) is 2. The number of piperazine rings is 1. The van der Waals surface area contributed by atoms with Gasteiger partial charge < -0.3 is 24.7 Å². The molecule has 1 fully saturated rings. The Morgan fingerprint density at radius 3 is 2.70 bits per heavy atom. The first-order valence-corrected chi connectivity index (χ1v) is 9.38. The summed E-state index contributed by atoms with van der Waals surface area (Å²) >= 11 is 0. The lowest BCUT2D eigenvalue weighted by Crippen LogP contribution is -2.44. The van der Waals surface area contributed by atoms with Crippen molar-refractivity contribution in [2.24, 2.45) is 0 Å². The van der Waals surface area contributed by atoms with E-state index in [1.54, 1.807) is 14.2 Å². The van der Waals surface area contributed by atoms with Crippen LogP contribution in [0.2, 0.25) is 0 Å². The Bertz CT molecular complexity index is 991. The van der Waals surface area contributed by atoms with E-state index in [2.05, 4.69) is 38.6 Å². The molecule has 0 bridgehead atoms. The van der Waals surface area contributed by atoms with Crippen molar-refractivity contribution >= 4 is 16.6 Å². The Kier molecular flexibility index (Phi) is 3.93. The van der Waals surface area contributed by atoms with Gasteiger partial charge >= 0.3 is 0 Å².